The summed E-state index contributed by atoms with van der Waals surface area (Å²) in [5.74, 6) is 1.55. The molecule has 2 heterocycles. The van der Waals surface area contributed by atoms with Crippen molar-refractivity contribution in [2.45, 2.75) is 46.5 Å². The van der Waals surface area contributed by atoms with Gasteiger partial charge >= 0.3 is 0 Å². The maximum Gasteiger partial charge on any atom is 0.204 e. The molecule has 0 unspecified atom stereocenters. The van der Waals surface area contributed by atoms with E-state index in [0.29, 0.717) is 5.82 Å². The molecule has 3 aromatic rings. The standard InChI is InChI=1S/C20H27N5OS/c1-14-21-17(13-27-14)12-20(2,3)10-6-7-15-11-16(8-9-18(15)26-5)19-22-24-25(4)23-19/h8-9,11,13H,6-7,10,12H2,1-5H3. The first-order valence-corrected chi connectivity index (χ1v) is 10.1. The summed E-state index contributed by atoms with van der Waals surface area (Å²) in [4.78, 5) is 6.09. The minimum atomic E-state index is 0.220. The van der Waals surface area contributed by atoms with E-state index in [1.165, 1.54) is 16.1 Å². The Kier molecular flexibility index (Phi) is 5.89. The van der Waals surface area contributed by atoms with E-state index in [1.807, 2.05) is 12.1 Å². The zero-order chi connectivity index (χ0) is 19.4. The third-order valence-electron chi connectivity index (χ3n) is 4.67. The Morgan fingerprint density at radius 1 is 1.26 bits per heavy atom. The molecule has 3 rings (SSSR count). The smallest absolute Gasteiger partial charge is 0.204 e. The quantitative estimate of drug-likeness (QED) is 0.580. The highest BCUT2D eigenvalue weighted by molar-refractivity contribution is 7.09. The van der Waals surface area contributed by atoms with Crippen LogP contribution in [0.5, 0.6) is 5.75 Å². The van der Waals surface area contributed by atoms with Crippen LogP contribution in [0.25, 0.3) is 11.4 Å². The van der Waals surface area contributed by atoms with Gasteiger partial charge in [-0.3, -0.25) is 0 Å². The van der Waals surface area contributed by atoms with Crippen molar-refractivity contribution in [1.82, 2.24) is 25.2 Å². The van der Waals surface area contributed by atoms with Gasteiger partial charge in [-0.2, -0.15) is 4.80 Å². The van der Waals surface area contributed by atoms with Gasteiger partial charge in [0.1, 0.15) is 5.75 Å². The molecule has 0 aliphatic heterocycles. The second-order valence-corrected chi connectivity index (χ2v) is 8.74. The third-order valence-corrected chi connectivity index (χ3v) is 5.50. The third kappa shape index (κ3) is 5.13. The predicted molar refractivity (Wildman–Crippen MR) is 108 cm³/mol. The Morgan fingerprint density at radius 3 is 2.70 bits per heavy atom. The number of aryl methyl sites for hydroxylation is 3. The molecule has 0 fully saturated rings. The van der Waals surface area contributed by atoms with Crippen LogP contribution < -0.4 is 4.74 Å². The molecule has 0 amide bonds. The molecular formula is C20H27N5OS. The van der Waals surface area contributed by atoms with Crippen LogP contribution in [0.2, 0.25) is 0 Å². The van der Waals surface area contributed by atoms with Crippen LogP contribution in [-0.2, 0) is 19.9 Å². The summed E-state index contributed by atoms with van der Waals surface area (Å²) >= 11 is 1.73. The highest BCUT2D eigenvalue weighted by atomic mass is 32.1. The largest absolute Gasteiger partial charge is 0.496 e. The summed E-state index contributed by atoms with van der Waals surface area (Å²) in [6, 6.07) is 6.09. The minimum Gasteiger partial charge on any atom is -0.496 e. The summed E-state index contributed by atoms with van der Waals surface area (Å²) in [7, 11) is 3.49. The molecule has 0 aliphatic carbocycles. The summed E-state index contributed by atoms with van der Waals surface area (Å²) in [6.07, 6.45) is 4.18. The Morgan fingerprint density at radius 2 is 2.07 bits per heavy atom. The normalized spacial score (nSPS) is 11.7. The molecule has 0 N–H and O–H groups in total. The molecule has 0 radical (unpaired) electrons. The van der Waals surface area contributed by atoms with Gasteiger partial charge in [-0.25, -0.2) is 4.98 Å². The average Bonchev–Trinajstić information content (AvgIpc) is 3.22. The molecule has 6 nitrogen and oxygen atoms in total. The molecule has 144 valence electrons. The van der Waals surface area contributed by atoms with E-state index in [4.69, 9.17) is 4.74 Å². The van der Waals surface area contributed by atoms with E-state index in [0.717, 1.165) is 42.0 Å². The minimum absolute atomic E-state index is 0.220. The van der Waals surface area contributed by atoms with Crippen LogP contribution in [0.4, 0.5) is 0 Å². The number of tetrazole rings is 1. The van der Waals surface area contributed by atoms with Gasteiger partial charge in [0.15, 0.2) is 0 Å². The highest BCUT2D eigenvalue weighted by Crippen LogP contribution is 2.31. The molecule has 1 aromatic carbocycles. The lowest BCUT2D eigenvalue weighted by molar-refractivity contribution is 0.319. The lowest BCUT2D eigenvalue weighted by Gasteiger charge is -2.23. The van der Waals surface area contributed by atoms with Gasteiger partial charge in [-0.05, 0) is 67.0 Å². The SMILES string of the molecule is COc1ccc(-c2nnn(C)n2)cc1CCCC(C)(C)Cc1csc(C)n1. The summed E-state index contributed by atoms with van der Waals surface area (Å²) in [5.41, 5.74) is 3.58. The zero-order valence-corrected chi connectivity index (χ0v) is 17.5. The van der Waals surface area contributed by atoms with Gasteiger partial charge in [0, 0.05) is 10.9 Å². The number of rotatable bonds is 8. The number of ether oxygens (including phenoxy) is 1. The number of thiazole rings is 1. The van der Waals surface area contributed by atoms with Crippen LogP contribution in [0.1, 0.15) is 43.0 Å². The zero-order valence-electron chi connectivity index (χ0n) is 16.7. The molecule has 0 atom stereocenters. The number of nitrogens with zero attached hydrogens (tertiary/aromatic N) is 5. The number of benzene rings is 1. The van der Waals surface area contributed by atoms with Crippen molar-refractivity contribution in [3.63, 3.8) is 0 Å². The van der Waals surface area contributed by atoms with Crippen molar-refractivity contribution in [3.8, 4) is 17.1 Å². The molecular weight excluding hydrogens is 358 g/mol. The van der Waals surface area contributed by atoms with Crippen molar-refractivity contribution >= 4 is 11.3 Å². The maximum atomic E-state index is 5.55. The van der Waals surface area contributed by atoms with Crippen molar-refractivity contribution < 1.29 is 4.74 Å². The van der Waals surface area contributed by atoms with E-state index in [2.05, 4.69) is 52.6 Å². The molecule has 0 bridgehead atoms. The van der Waals surface area contributed by atoms with Crippen LogP contribution in [0, 0.1) is 12.3 Å². The van der Waals surface area contributed by atoms with E-state index in [-0.39, 0.29) is 5.41 Å². The van der Waals surface area contributed by atoms with Crippen LogP contribution >= 0.6 is 11.3 Å². The van der Waals surface area contributed by atoms with Crippen LogP contribution in [0.3, 0.4) is 0 Å². The monoisotopic (exact) mass is 385 g/mol. The fourth-order valence-electron chi connectivity index (χ4n) is 3.34. The van der Waals surface area contributed by atoms with Gasteiger partial charge in [0.25, 0.3) is 0 Å². The van der Waals surface area contributed by atoms with Gasteiger partial charge in [-0.1, -0.05) is 13.8 Å². The van der Waals surface area contributed by atoms with Crippen molar-refractivity contribution in [1.29, 1.82) is 0 Å². The average molecular weight is 386 g/mol. The molecule has 27 heavy (non-hydrogen) atoms. The lowest BCUT2D eigenvalue weighted by Crippen LogP contribution is -2.15. The number of hydrogen-bond acceptors (Lipinski definition) is 6. The van der Waals surface area contributed by atoms with E-state index < -0.39 is 0 Å². The molecule has 7 heteroatoms. The van der Waals surface area contributed by atoms with Gasteiger partial charge in [0.05, 0.1) is 24.9 Å². The Labute approximate surface area is 164 Å². The number of methoxy groups -OCH3 is 1. The summed E-state index contributed by atoms with van der Waals surface area (Å²) < 4.78 is 5.55. The fourth-order valence-corrected chi connectivity index (χ4v) is 3.95. The second kappa shape index (κ2) is 8.17. The Hall–Kier alpha value is -2.28. The molecule has 0 spiro atoms. The van der Waals surface area contributed by atoms with Gasteiger partial charge < -0.3 is 4.74 Å². The molecule has 0 aliphatic rings. The first-order chi connectivity index (χ1) is 12.9. The maximum absolute atomic E-state index is 5.55. The first kappa shape index (κ1) is 19.5. The molecule has 0 saturated carbocycles. The first-order valence-electron chi connectivity index (χ1n) is 9.18. The lowest BCUT2D eigenvalue weighted by atomic mass is 9.82. The topological polar surface area (TPSA) is 65.7 Å². The van der Waals surface area contributed by atoms with Crippen LogP contribution in [-0.4, -0.2) is 32.3 Å². The Bertz CT molecular complexity index is 899. The van der Waals surface area contributed by atoms with E-state index in [1.54, 1.807) is 25.5 Å². The van der Waals surface area contributed by atoms with Crippen molar-refractivity contribution in [2.75, 3.05) is 7.11 Å². The molecule has 2 aromatic heterocycles. The van der Waals surface area contributed by atoms with Crippen LogP contribution in [0.15, 0.2) is 23.6 Å². The number of hydrogen-bond donors (Lipinski definition) is 0. The van der Waals surface area contributed by atoms with Crippen molar-refractivity contribution in [2.24, 2.45) is 12.5 Å². The van der Waals surface area contributed by atoms with E-state index in [9.17, 15) is 0 Å². The fraction of sp³-hybridized carbons (Fsp3) is 0.500. The predicted octanol–water partition coefficient (Wildman–Crippen LogP) is 4.24. The molecule has 0 saturated heterocycles. The summed E-state index contributed by atoms with van der Waals surface area (Å²) in [6.45, 7) is 6.70. The van der Waals surface area contributed by atoms with Gasteiger partial charge in [-0.15, -0.1) is 21.5 Å². The van der Waals surface area contributed by atoms with E-state index >= 15 is 0 Å². The van der Waals surface area contributed by atoms with Gasteiger partial charge in [0.2, 0.25) is 5.82 Å². The summed E-state index contributed by atoms with van der Waals surface area (Å²) in [5, 5.41) is 15.6. The second-order valence-electron chi connectivity index (χ2n) is 7.68. The highest BCUT2D eigenvalue weighted by Gasteiger charge is 2.20. The number of aromatic nitrogens is 5. The Balaban J connectivity index is 1.65. The van der Waals surface area contributed by atoms with Crippen molar-refractivity contribution in [3.05, 3.63) is 39.8 Å².